The molecule has 5 heteroatoms. The van der Waals surface area contributed by atoms with E-state index in [0.29, 0.717) is 16.8 Å². The van der Waals surface area contributed by atoms with E-state index in [9.17, 15) is 5.11 Å². The van der Waals surface area contributed by atoms with Crippen molar-refractivity contribution in [2.45, 2.75) is 26.3 Å². The number of unbranched alkanes of at least 4 members (excludes halogenated alkanes) is 1. The van der Waals surface area contributed by atoms with Crippen LogP contribution in [0, 0.1) is 0 Å². The molecule has 0 aliphatic heterocycles. The van der Waals surface area contributed by atoms with Gasteiger partial charge in [0, 0.05) is 23.7 Å². The average Bonchev–Trinajstić information content (AvgIpc) is 2.94. The molecule has 3 aromatic rings. The van der Waals surface area contributed by atoms with Crippen LogP contribution in [0.1, 0.15) is 19.8 Å². The molecule has 1 N–H and O–H groups in total. The molecule has 0 fully saturated rings. The van der Waals surface area contributed by atoms with Crippen molar-refractivity contribution in [3.05, 3.63) is 36.7 Å². The van der Waals surface area contributed by atoms with Gasteiger partial charge in [0.25, 0.3) is 0 Å². The zero-order valence-corrected chi connectivity index (χ0v) is 11.3. The number of benzene rings is 1. The molecular weight excluding hydrogens is 252 g/mol. The summed E-state index contributed by atoms with van der Waals surface area (Å²) in [5.41, 5.74) is 1.93. The number of nitrogens with zero attached hydrogens (tertiary/aromatic N) is 4. The van der Waals surface area contributed by atoms with E-state index >= 15 is 0 Å². The third kappa shape index (κ3) is 2.22. The Kier molecular flexibility index (Phi) is 3.33. The van der Waals surface area contributed by atoms with Crippen LogP contribution in [0.4, 0.5) is 0 Å². The first-order chi connectivity index (χ1) is 9.79. The third-order valence-corrected chi connectivity index (χ3v) is 3.30. The van der Waals surface area contributed by atoms with E-state index in [-0.39, 0.29) is 5.75 Å². The first-order valence-electron chi connectivity index (χ1n) is 6.77. The van der Waals surface area contributed by atoms with E-state index in [1.807, 2.05) is 30.5 Å². The maximum Gasteiger partial charge on any atom is 0.151 e. The van der Waals surface area contributed by atoms with Crippen molar-refractivity contribution >= 4 is 10.9 Å². The van der Waals surface area contributed by atoms with E-state index < -0.39 is 0 Å². The van der Waals surface area contributed by atoms with Gasteiger partial charge in [-0.1, -0.05) is 30.7 Å². The maximum atomic E-state index is 10.3. The van der Waals surface area contributed by atoms with Crippen LogP contribution in [0.25, 0.3) is 22.2 Å². The van der Waals surface area contributed by atoms with Gasteiger partial charge in [-0.2, -0.15) is 0 Å². The Bertz CT molecular complexity index is 736. The van der Waals surface area contributed by atoms with E-state index in [1.54, 1.807) is 10.9 Å². The summed E-state index contributed by atoms with van der Waals surface area (Å²) in [6, 6.07) is 7.56. The molecule has 20 heavy (non-hydrogen) atoms. The van der Waals surface area contributed by atoms with Gasteiger partial charge in [-0.05, 0) is 18.6 Å². The molecule has 0 atom stereocenters. The molecule has 0 unspecified atom stereocenters. The van der Waals surface area contributed by atoms with Gasteiger partial charge in [0.05, 0.1) is 6.20 Å². The van der Waals surface area contributed by atoms with Crippen molar-refractivity contribution in [3.8, 4) is 17.0 Å². The van der Waals surface area contributed by atoms with Crippen LogP contribution in [0.15, 0.2) is 36.7 Å². The number of phenols is 1. The molecule has 0 aliphatic rings. The van der Waals surface area contributed by atoms with E-state index in [2.05, 4.69) is 22.2 Å². The molecule has 5 nitrogen and oxygen atoms in total. The summed E-state index contributed by atoms with van der Waals surface area (Å²) in [6.07, 6.45) is 5.71. The third-order valence-electron chi connectivity index (χ3n) is 3.30. The second-order valence-corrected chi connectivity index (χ2v) is 4.76. The molecule has 2 aromatic heterocycles. The Morgan fingerprint density at radius 1 is 1.25 bits per heavy atom. The Morgan fingerprint density at radius 3 is 3.00 bits per heavy atom. The molecule has 102 valence electrons. The highest BCUT2D eigenvalue weighted by atomic mass is 16.3. The number of fused-ring (bicyclic) bond motifs is 1. The number of phenolic OH excluding ortho intramolecular Hbond substituents is 1. The van der Waals surface area contributed by atoms with E-state index in [1.165, 1.54) is 0 Å². The molecule has 0 spiro atoms. The molecule has 1 aromatic carbocycles. The largest absolute Gasteiger partial charge is 0.505 e. The zero-order valence-electron chi connectivity index (χ0n) is 11.3. The first kappa shape index (κ1) is 12.6. The molecule has 0 saturated carbocycles. The second-order valence-electron chi connectivity index (χ2n) is 4.76. The summed E-state index contributed by atoms with van der Waals surface area (Å²) in [6.45, 7) is 2.98. The molecular formula is C15H16N4O. The van der Waals surface area contributed by atoms with Crippen LogP contribution in [0.2, 0.25) is 0 Å². The van der Waals surface area contributed by atoms with Gasteiger partial charge in [0.15, 0.2) is 5.75 Å². The normalized spacial score (nSPS) is 11.1. The Hall–Kier alpha value is -2.43. The lowest BCUT2D eigenvalue weighted by atomic mass is 10.1. The van der Waals surface area contributed by atoms with Crippen molar-refractivity contribution < 1.29 is 5.11 Å². The van der Waals surface area contributed by atoms with Crippen LogP contribution in [-0.2, 0) is 6.54 Å². The number of hydrogen-bond donors (Lipinski definition) is 1. The molecule has 0 radical (unpaired) electrons. The van der Waals surface area contributed by atoms with Gasteiger partial charge >= 0.3 is 0 Å². The summed E-state index contributed by atoms with van der Waals surface area (Å²) >= 11 is 0. The highest BCUT2D eigenvalue weighted by molar-refractivity contribution is 5.90. The van der Waals surface area contributed by atoms with Crippen LogP contribution >= 0.6 is 0 Å². The van der Waals surface area contributed by atoms with Crippen LogP contribution in [0.5, 0.6) is 5.75 Å². The highest BCUT2D eigenvalue weighted by Gasteiger charge is 2.12. The molecule has 3 rings (SSSR count). The molecule has 0 bridgehead atoms. The summed E-state index contributed by atoms with van der Waals surface area (Å²) in [5, 5.41) is 19.5. The Morgan fingerprint density at radius 2 is 2.15 bits per heavy atom. The van der Waals surface area contributed by atoms with Crippen LogP contribution in [-0.4, -0.2) is 25.1 Å². The average molecular weight is 268 g/mol. The standard InChI is InChI=1S/C15H16N4O/c1-2-3-9-19-10-13(17-18-19)12-7-6-11-5-4-8-16-14(11)15(12)20/h4-8,10,20H,2-3,9H2,1H3. The van der Waals surface area contributed by atoms with Gasteiger partial charge in [-0.25, -0.2) is 0 Å². The Labute approximate surface area is 116 Å². The number of rotatable bonds is 4. The van der Waals surface area contributed by atoms with Gasteiger partial charge in [0.1, 0.15) is 11.2 Å². The predicted molar refractivity (Wildman–Crippen MR) is 77.3 cm³/mol. The van der Waals surface area contributed by atoms with E-state index in [4.69, 9.17) is 0 Å². The SMILES string of the molecule is CCCCn1cc(-c2ccc3cccnc3c2O)nn1. The number of pyridine rings is 1. The molecule has 0 saturated heterocycles. The fourth-order valence-electron chi connectivity index (χ4n) is 2.19. The number of aromatic nitrogens is 4. The predicted octanol–water partition coefficient (Wildman–Crippen LogP) is 3.00. The van der Waals surface area contributed by atoms with Gasteiger partial charge in [-0.3, -0.25) is 9.67 Å². The Balaban J connectivity index is 2.01. The topological polar surface area (TPSA) is 63.8 Å². The minimum absolute atomic E-state index is 0.158. The monoisotopic (exact) mass is 268 g/mol. The highest BCUT2D eigenvalue weighted by Crippen LogP contribution is 2.33. The summed E-state index contributed by atoms with van der Waals surface area (Å²) in [7, 11) is 0. The lowest BCUT2D eigenvalue weighted by molar-refractivity contribution is 0.482. The van der Waals surface area contributed by atoms with Crippen molar-refractivity contribution in [1.82, 2.24) is 20.0 Å². The van der Waals surface area contributed by atoms with Gasteiger partial charge in [0.2, 0.25) is 0 Å². The first-order valence-corrected chi connectivity index (χ1v) is 6.77. The summed E-state index contributed by atoms with van der Waals surface area (Å²) in [4.78, 5) is 4.22. The quantitative estimate of drug-likeness (QED) is 0.790. The van der Waals surface area contributed by atoms with Crippen molar-refractivity contribution in [1.29, 1.82) is 0 Å². The van der Waals surface area contributed by atoms with E-state index in [0.717, 1.165) is 24.8 Å². The van der Waals surface area contributed by atoms with Crippen LogP contribution in [0.3, 0.4) is 0 Å². The number of aromatic hydroxyl groups is 1. The molecule has 2 heterocycles. The zero-order chi connectivity index (χ0) is 13.9. The van der Waals surface area contributed by atoms with Crippen molar-refractivity contribution in [2.24, 2.45) is 0 Å². The van der Waals surface area contributed by atoms with Gasteiger partial charge < -0.3 is 5.11 Å². The molecule has 0 aliphatic carbocycles. The second kappa shape index (κ2) is 5.28. The van der Waals surface area contributed by atoms with Crippen molar-refractivity contribution in [3.63, 3.8) is 0 Å². The summed E-state index contributed by atoms with van der Waals surface area (Å²) < 4.78 is 1.81. The minimum atomic E-state index is 0.158. The van der Waals surface area contributed by atoms with Crippen LogP contribution < -0.4 is 0 Å². The lowest BCUT2D eigenvalue weighted by Crippen LogP contribution is -1.97. The van der Waals surface area contributed by atoms with Crippen molar-refractivity contribution in [2.75, 3.05) is 0 Å². The maximum absolute atomic E-state index is 10.3. The minimum Gasteiger partial charge on any atom is -0.505 e. The smallest absolute Gasteiger partial charge is 0.151 e. The van der Waals surface area contributed by atoms with Gasteiger partial charge in [-0.15, -0.1) is 5.10 Å². The fourth-order valence-corrected chi connectivity index (χ4v) is 2.19. The fraction of sp³-hybridized carbons (Fsp3) is 0.267. The number of aryl methyl sites for hydroxylation is 1. The molecule has 0 amide bonds. The number of hydrogen-bond acceptors (Lipinski definition) is 4. The lowest BCUT2D eigenvalue weighted by Gasteiger charge is -2.04. The summed E-state index contributed by atoms with van der Waals surface area (Å²) in [5.74, 6) is 0.158.